The number of halogens is 1. The number of carbonyl (C=O) groups excluding carboxylic acids is 1. The third-order valence-electron chi connectivity index (χ3n) is 4.06. The van der Waals surface area contributed by atoms with Gasteiger partial charge in [0.25, 0.3) is 6.47 Å². The van der Waals surface area contributed by atoms with Gasteiger partial charge in [-0.05, 0) is 58.7 Å². The quantitative estimate of drug-likeness (QED) is 0.696. The number of aryl methyl sites for hydroxylation is 1. The Hall–Kier alpha value is -1.66. The van der Waals surface area contributed by atoms with Gasteiger partial charge in [0.15, 0.2) is 0 Å². The summed E-state index contributed by atoms with van der Waals surface area (Å²) in [5.74, 6) is 1.09. The van der Waals surface area contributed by atoms with Crippen molar-refractivity contribution in [2.24, 2.45) is 0 Å². The van der Waals surface area contributed by atoms with Gasteiger partial charge in [-0.25, -0.2) is 4.98 Å². The lowest BCUT2D eigenvalue weighted by molar-refractivity contribution is -0.138. The van der Waals surface area contributed by atoms with Crippen LogP contribution in [0.25, 0.3) is 11.3 Å². The lowest BCUT2D eigenvalue weighted by Crippen LogP contribution is -2.17. The Kier molecular flexibility index (Phi) is 7.41. The first-order chi connectivity index (χ1) is 12.3. The predicted octanol–water partition coefficient (Wildman–Crippen LogP) is 4.78. The summed E-state index contributed by atoms with van der Waals surface area (Å²) in [6.45, 7) is 9.19. The zero-order chi connectivity index (χ0) is 19.2. The van der Waals surface area contributed by atoms with Crippen molar-refractivity contribution in [2.75, 3.05) is 6.54 Å². The van der Waals surface area contributed by atoms with E-state index in [1.807, 2.05) is 20.8 Å². The molecular formula is C20H28BrN3O2. The number of hydrogen-bond donors (Lipinski definition) is 2. The second-order valence-corrected chi connectivity index (χ2v) is 8.20. The van der Waals surface area contributed by atoms with Crippen molar-refractivity contribution in [1.82, 2.24) is 15.3 Å². The van der Waals surface area contributed by atoms with Crippen LogP contribution in [0.2, 0.25) is 0 Å². The molecule has 0 radical (unpaired) electrons. The van der Waals surface area contributed by atoms with Crippen LogP contribution >= 0.6 is 15.9 Å². The molecule has 1 aliphatic rings. The number of imidazole rings is 1. The van der Waals surface area contributed by atoms with Crippen molar-refractivity contribution in [3.63, 3.8) is 0 Å². The summed E-state index contributed by atoms with van der Waals surface area (Å²) in [5.41, 5.74) is 3.19. The summed E-state index contributed by atoms with van der Waals surface area (Å²) in [7, 11) is 0. The molecule has 1 saturated heterocycles. The van der Waals surface area contributed by atoms with E-state index in [0.29, 0.717) is 12.5 Å². The van der Waals surface area contributed by atoms with Crippen LogP contribution in [-0.2, 0) is 16.0 Å². The van der Waals surface area contributed by atoms with Gasteiger partial charge in [0, 0.05) is 15.7 Å². The normalized spacial score (nSPS) is 16.7. The van der Waals surface area contributed by atoms with E-state index in [0.717, 1.165) is 29.0 Å². The fourth-order valence-electron chi connectivity index (χ4n) is 2.76. The van der Waals surface area contributed by atoms with Gasteiger partial charge in [-0.2, -0.15) is 0 Å². The fraction of sp³-hybridized carbons (Fsp3) is 0.500. The maximum Gasteiger partial charge on any atom is 0.293 e. The van der Waals surface area contributed by atoms with Crippen LogP contribution in [0.3, 0.4) is 0 Å². The van der Waals surface area contributed by atoms with Crippen molar-refractivity contribution >= 4 is 22.4 Å². The number of benzene rings is 1. The Bertz CT molecular complexity index is 699. The molecule has 1 fully saturated rings. The van der Waals surface area contributed by atoms with E-state index in [-0.39, 0.29) is 5.60 Å². The number of carbonyl (C=O) groups is 1. The molecule has 0 bridgehead atoms. The number of nitrogens with zero attached hydrogens (tertiary/aromatic N) is 1. The molecule has 2 heterocycles. The lowest BCUT2D eigenvalue weighted by Gasteiger charge is -2.14. The van der Waals surface area contributed by atoms with E-state index in [1.165, 1.54) is 24.1 Å². The molecule has 1 aromatic heterocycles. The smallest absolute Gasteiger partial charge is 0.293 e. The third-order valence-corrected chi connectivity index (χ3v) is 4.59. The minimum absolute atomic E-state index is 0.318. The average Bonchev–Trinajstić information content (AvgIpc) is 3.24. The highest BCUT2D eigenvalue weighted by molar-refractivity contribution is 9.10. The molecule has 6 heteroatoms. The van der Waals surface area contributed by atoms with Crippen molar-refractivity contribution in [2.45, 2.75) is 58.6 Å². The zero-order valence-electron chi connectivity index (χ0n) is 15.9. The summed E-state index contributed by atoms with van der Waals surface area (Å²) in [4.78, 5) is 17.9. The van der Waals surface area contributed by atoms with Crippen molar-refractivity contribution in [3.8, 4) is 11.3 Å². The minimum atomic E-state index is -0.318. The molecule has 1 aromatic carbocycles. The van der Waals surface area contributed by atoms with Crippen LogP contribution < -0.4 is 5.32 Å². The SMILES string of the molecule is CC(C)(C)OC=O.CCc1[nH]c([C@@H]2CCCN2)nc1-c1ccc(Br)cc1. The highest BCUT2D eigenvalue weighted by Gasteiger charge is 2.21. The minimum Gasteiger partial charge on any atom is -0.462 e. The highest BCUT2D eigenvalue weighted by Crippen LogP contribution is 2.28. The maximum atomic E-state index is 9.60. The molecule has 26 heavy (non-hydrogen) atoms. The number of rotatable bonds is 4. The molecule has 1 atom stereocenters. The molecule has 0 aliphatic carbocycles. The van der Waals surface area contributed by atoms with Gasteiger partial charge in [0.1, 0.15) is 11.4 Å². The first-order valence-electron chi connectivity index (χ1n) is 9.03. The molecule has 5 nitrogen and oxygen atoms in total. The summed E-state index contributed by atoms with van der Waals surface area (Å²) < 4.78 is 5.65. The van der Waals surface area contributed by atoms with E-state index in [9.17, 15) is 4.79 Å². The molecule has 2 aromatic rings. The molecule has 1 aliphatic heterocycles. The summed E-state index contributed by atoms with van der Waals surface area (Å²) >= 11 is 3.47. The van der Waals surface area contributed by atoms with Crippen LogP contribution in [0.5, 0.6) is 0 Å². The lowest BCUT2D eigenvalue weighted by atomic mass is 10.1. The van der Waals surface area contributed by atoms with Crippen molar-refractivity contribution < 1.29 is 9.53 Å². The first kappa shape index (κ1) is 20.6. The number of ether oxygens (including phenoxy) is 1. The number of aromatic nitrogens is 2. The van der Waals surface area contributed by atoms with Gasteiger partial charge in [0.2, 0.25) is 0 Å². The average molecular weight is 422 g/mol. The van der Waals surface area contributed by atoms with Gasteiger partial charge in [-0.3, -0.25) is 4.79 Å². The monoisotopic (exact) mass is 421 g/mol. The standard InChI is InChI=1S/C15H18BrN3.C5H10O2/c1-2-12-14(10-5-7-11(16)8-6-10)19-15(18-12)13-4-3-9-17-13;1-5(2,3)7-4-6/h5-8,13,17H,2-4,9H2,1H3,(H,18,19);4H,1-3H3/t13-;/m0./s1. The van der Waals surface area contributed by atoms with Gasteiger partial charge in [0.05, 0.1) is 11.7 Å². The van der Waals surface area contributed by atoms with Crippen LogP contribution in [-0.4, -0.2) is 28.6 Å². The molecular weight excluding hydrogens is 394 g/mol. The van der Waals surface area contributed by atoms with E-state index < -0.39 is 0 Å². The van der Waals surface area contributed by atoms with E-state index in [1.54, 1.807) is 0 Å². The molecule has 0 saturated carbocycles. The Morgan fingerprint density at radius 2 is 2.00 bits per heavy atom. The van der Waals surface area contributed by atoms with E-state index >= 15 is 0 Å². The largest absolute Gasteiger partial charge is 0.462 e. The number of nitrogens with one attached hydrogen (secondary N) is 2. The van der Waals surface area contributed by atoms with Gasteiger partial charge in [-0.1, -0.05) is 35.0 Å². The molecule has 2 N–H and O–H groups in total. The summed E-state index contributed by atoms with van der Waals surface area (Å²) in [5, 5.41) is 3.50. The first-order valence-corrected chi connectivity index (χ1v) is 9.83. The topological polar surface area (TPSA) is 67.0 Å². The molecule has 3 rings (SSSR count). The van der Waals surface area contributed by atoms with E-state index in [2.05, 4.69) is 62.2 Å². The summed E-state index contributed by atoms with van der Waals surface area (Å²) in [6.07, 6.45) is 3.39. The second-order valence-electron chi connectivity index (χ2n) is 7.29. The Morgan fingerprint density at radius 3 is 2.46 bits per heavy atom. The fourth-order valence-corrected chi connectivity index (χ4v) is 3.02. The second kappa shape index (κ2) is 9.33. The molecule has 142 valence electrons. The van der Waals surface area contributed by atoms with Crippen LogP contribution in [0.1, 0.15) is 58.1 Å². The number of H-pyrrole nitrogens is 1. The van der Waals surface area contributed by atoms with Gasteiger partial charge < -0.3 is 15.0 Å². The number of aromatic amines is 1. The zero-order valence-corrected chi connectivity index (χ0v) is 17.5. The Labute approximate surface area is 164 Å². The number of hydrogen-bond acceptors (Lipinski definition) is 4. The maximum absolute atomic E-state index is 9.60. The molecule has 0 spiro atoms. The molecule has 0 unspecified atom stereocenters. The van der Waals surface area contributed by atoms with Crippen LogP contribution in [0.15, 0.2) is 28.7 Å². The van der Waals surface area contributed by atoms with Gasteiger partial charge >= 0.3 is 0 Å². The Balaban J connectivity index is 0.000000298. The van der Waals surface area contributed by atoms with Gasteiger partial charge in [-0.15, -0.1) is 0 Å². The van der Waals surface area contributed by atoms with E-state index in [4.69, 9.17) is 4.98 Å². The van der Waals surface area contributed by atoms with Crippen molar-refractivity contribution in [1.29, 1.82) is 0 Å². The van der Waals surface area contributed by atoms with Crippen LogP contribution in [0.4, 0.5) is 0 Å². The van der Waals surface area contributed by atoms with Crippen LogP contribution in [0, 0.1) is 0 Å². The summed E-state index contributed by atoms with van der Waals surface area (Å²) in [6, 6.07) is 8.76. The highest BCUT2D eigenvalue weighted by atomic mass is 79.9. The molecule has 0 amide bonds. The third kappa shape index (κ3) is 5.95. The van der Waals surface area contributed by atoms with Crippen molar-refractivity contribution in [3.05, 3.63) is 40.3 Å². The predicted molar refractivity (Wildman–Crippen MR) is 108 cm³/mol. The Morgan fingerprint density at radius 1 is 1.31 bits per heavy atom.